The molecule has 1 unspecified atom stereocenters. The third-order valence-corrected chi connectivity index (χ3v) is 2.99. The van der Waals surface area contributed by atoms with Gasteiger partial charge in [0.2, 0.25) is 6.08 Å². The number of anilines is 1. The Bertz CT molecular complexity index is 422. The van der Waals surface area contributed by atoms with Gasteiger partial charge in [-0.25, -0.2) is 4.79 Å². The molecule has 0 fully saturated rings. The molecule has 15 heavy (non-hydrogen) atoms. The lowest BCUT2D eigenvalue weighted by Gasteiger charge is -2.31. The molecular weight excluding hydrogens is 188 g/mol. The first-order chi connectivity index (χ1) is 7.24. The summed E-state index contributed by atoms with van der Waals surface area (Å²) in [5.41, 5.74) is 3.56. The first kappa shape index (κ1) is 9.94. The molecule has 3 nitrogen and oxygen atoms in total. The molecule has 0 saturated heterocycles. The second-order valence-electron chi connectivity index (χ2n) is 3.95. The Morgan fingerprint density at radius 1 is 1.53 bits per heavy atom. The van der Waals surface area contributed by atoms with Gasteiger partial charge in [0.1, 0.15) is 0 Å². The van der Waals surface area contributed by atoms with Crippen LogP contribution in [0.1, 0.15) is 23.6 Å². The Kier molecular flexibility index (Phi) is 2.57. The van der Waals surface area contributed by atoms with E-state index in [0.717, 1.165) is 13.0 Å². The Morgan fingerprint density at radius 2 is 2.33 bits per heavy atom. The minimum atomic E-state index is -0.00472. The number of nitrogens with zero attached hydrogens (tertiary/aromatic N) is 2. The van der Waals surface area contributed by atoms with Crippen molar-refractivity contribution in [3.05, 3.63) is 29.3 Å². The second-order valence-corrected chi connectivity index (χ2v) is 3.95. The van der Waals surface area contributed by atoms with Crippen molar-refractivity contribution in [1.29, 1.82) is 0 Å². The van der Waals surface area contributed by atoms with Crippen LogP contribution in [-0.4, -0.2) is 19.7 Å². The highest BCUT2D eigenvalue weighted by molar-refractivity contribution is 5.60. The molecule has 0 bridgehead atoms. The van der Waals surface area contributed by atoms with E-state index in [2.05, 4.69) is 36.0 Å². The normalized spacial score (nSPS) is 19.3. The lowest BCUT2D eigenvalue weighted by Crippen LogP contribution is -2.27. The smallest absolute Gasteiger partial charge is 0.235 e. The fourth-order valence-corrected chi connectivity index (χ4v) is 2.20. The van der Waals surface area contributed by atoms with E-state index >= 15 is 0 Å². The lowest BCUT2D eigenvalue weighted by atomic mass is 9.93. The van der Waals surface area contributed by atoms with Gasteiger partial charge in [-0.3, -0.25) is 0 Å². The van der Waals surface area contributed by atoms with Gasteiger partial charge in [0.15, 0.2) is 0 Å². The van der Waals surface area contributed by atoms with E-state index in [1.54, 1.807) is 6.08 Å². The summed E-state index contributed by atoms with van der Waals surface area (Å²) in [7, 11) is 2.07. The molecule has 0 saturated carbocycles. The zero-order valence-corrected chi connectivity index (χ0v) is 9.03. The Balaban J connectivity index is 2.55. The lowest BCUT2D eigenvalue weighted by molar-refractivity contribution is 0.549. The molecule has 78 valence electrons. The molecule has 0 aromatic heterocycles. The first-order valence-electron chi connectivity index (χ1n) is 5.11. The molecule has 0 N–H and O–H groups in total. The van der Waals surface area contributed by atoms with Crippen LogP contribution in [0.2, 0.25) is 0 Å². The number of aryl methyl sites for hydroxylation is 1. The summed E-state index contributed by atoms with van der Waals surface area (Å²) < 4.78 is 0. The van der Waals surface area contributed by atoms with Gasteiger partial charge >= 0.3 is 0 Å². The van der Waals surface area contributed by atoms with Gasteiger partial charge in [-0.2, -0.15) is 4.99 Å². The number of benzene rings is 1. The van der Waals surface area contributed by atoms with Gasteiger partial charge in [0.05, 0.1) is 6.04 Å². The number of isocyanates is 1. The number of aliphatic imine (C=N–C) groups is 1. The summed E-state index contributed by atoms with van der Waals surface area (Å²) in [5, 5.41) is 0. The highest BCUT2D eigenvalue weighted by Crippen LogP contribution is 2.37. The fourth-order valence-electron chi connectivity index (χ4n) is 2.20. The first-order valence-corrected chi connectivity index (χ1v) is 5.11. The average molecular weight is 202 g/mol. The Morgan fingerprint density at radius 3 is 3.07 bits per heavy atom. The zero-order chi connectivity index (χ0) is 10.8. The van der Waals surface area contributed by atoms with Gasteiger partial charge in [0.25, 0.3) is 0 Å². The molecule has 0 aliphatic carbocycles. The van der Waals surface area contributed by atoms with Crippen LogP contribution in [0, 0.1) is 6.92 Å². The van der Waals surface area contributed by atoms with Crippen LogP contribution in [0.15, 0.2) is 23.2 Å². The Labute approximate surface area is 89.4 Å². The third kappa shape index (κ3) is 1.66. The van der Waals surface area contributed by atoms with Gasteiger partial charge in [-0.05, 0) is 25.0 Å². The van der Waals surface area contributed by atoms with E-state index in [9.17, 15) is 4.79 Å². The topological polar surface area (TPSA) is 32.7 Å². The van der Waals surface area contributed by atoms with Crippen molar-refractivity contribution in [3.8, 4) is 0 Å². The fraction of sp³-hybridized carbons (Fsp3) is 0.417. The molecule has 3 heteroatoms. The van der Waals surface area contributed by atoms with Gasteiger partial charge < -0.3 is 4.90 Å². The number of hydrogen-bond acceptors (Lipinski definition) is 3. The van der Waals surface area contributed by atoms with E-state index < -0.39 is 0 Å². The summed E-state index contributed by atoms with van der Waals surface area (Å²) >= 11 is 0. The molecule has 1 atom stereocenters. The molecular formula is C12H14N2O. The van der Waals surface area contributed by atoms with Crippen molar-refractivity contribution in [2.45, 2.75) is 19.4 Å². The number of hydrogen-bond donors (Lipinski definition) is 0. The maximum absolute atomic E-state index is 10.4. The van der Waals surface area contributed by atoms with Crippen LogP contribution >= 0.6 is 0 Å². The van der Waals surface area contributed by atoms with E-state index in [4.69, 9.17) is 0 Å². The summed E-state index contributed by atoms with van der Waals surface area (Å²) in [6.07, 6.45) is 2.57. The molecule has 1 aromatic carbocycles. The largest absolute Gasteiger partial charge is 0.374 e. The molecule has 0 spiro atoms. The van der Waals surface area contributed by atoms with Crippen molar-refractivity contribution in [2.24, 2.45) is 4.99 Å². The standard InChI is InChI=1S/C12H14N2O/c1-9-4-3-5-11-12(9)10(13-8-15)6-7-14(11)2/h3-5,10H,6-7H2,1-2H3. The van der Waals surface area contributed by atoms with Crippen LogP contribution in [0.5, 0.6) is 0 Å². The van der Waals surface area contributed by atoms with Gasteiger partial charge in [-0.15, -0.1) is 0 Å². The van der Waals surface area contributed by atoms with Gasteiger partial charge in [-0.1, -0.05) is 12.1 Å². The monoisotopic (exact) mass is 202 g/mol. The molecule has 2 rings (SSSR count). The van der Waals surface area contributed by atoms with E-state index in [0.29, 0.717) is 0 Å². The van der Waals surface area contributed by atoms with E-state index in [1.165, 1.54) is 16.8 Å². The summed E-state index contributed by atoms with van der Waals surface area (Å²) in [4.78, 5) is 16.5. The quantitative estimate of drug-likeness (QED) is 0.516. The van der Waals surface area contributed by atoms with Crippen LogP contribution in [0.25, 0.3) is 0 Å². The minimum Gasteiger partial charge on any atom is -0.374 e. The predicted octanol–water partition coefficient (Wildman–Crippen LogP) is 2.21. The minimum absolute atomic E-state index is 0.00472. The maximum Gasteiger partial charge on any atom is 0.235 e. The molecule has 1 aliphatic heterocycles. The van der Waals surface area contributed by atoms with Crippen molar-refractivity contribution < 1.29 is 4.79 Å². The zero-order valence-electron chi connectivity index (χ0n) is 9.03. The highest BCUT2D eigenvalue weighted by atomic mass is 16.1. The molecule has 1 heterocycles. The maximum atomic E-state index is 10.4. The number of rotatable bonds is 1. The van der Waals surface area contributed by atoms with E-state index in [-0.39, 0.29) is 6.04 Å². The van der Waals surface area contributed by atoms with Crippen LogP contribution in [0.3, 0.4) is 0 Å². The Hall–Kier alpha value is -1.60. The molecule has 0 amide bonds. The third-order valence-electron chi connectivity index (χ3n) is 2.99. The molecule has 1 aromatic rings. The van der Waals surface area contributed by atoms with Crippen LogP contribution in [-0.2, 0) is 4.79 Å². The molecule has 0 radical (unpaired) electrons. The van der Waals surface area contributed by atoms with Crippen molar-refractivity contribution in [1.82, 2.24) is 0 Å². The van der Waals surface area contributed by atoms with Crippen molar-refractivity contribution >= 4 is 11.8 Å². The summed E-state index contributed by atoms with van der Waals surface area (Å²) in [6, 6.07) is 6.17. The SMILES string of the molecule is Cc1cccc2c1C(N=C=O)CCN2C. The van der Waals surface area contributed by atoms with Crippen LogP contribution < -0.4 is 4.90 Å². The number of fused-ring (bicyclic) bond motifs is 1. The van der Waals surface area contributed by atoms with Crippen LogP contribution in [0.4, 0.5) is 5.69 Å². The van der Waals surface area contributed by atoms with Crippen molar-refractivity contribution in [2.75, 3.05) is 18.5 Å². The van der Waals surface area contributed by atoms with E-state index in [1.807, 2.05) is 6.07 Å². The average Bonchev–Trinajstić information content (AvgIpc) is 2.23. The number of carbonyl (C=O) groups excluding carboxylic acids is 1. The second kappa shape index (κ2) is 3.87. The predicted molar refractivity (Wildman–Crippen MR) is 59.9 cm³/mol. The summed E-state index contributed by atoms with van der Waals surface area (Å²) in [5.74, 6) is 0. The van der Waals surface area contributed by atoms with Crippen molar-refractivity contribution in [3.63, 3.8) is 0 Å². The highest BCUT2D eigenvalue weighted by Gasteiger charge is 2.23. The molecule has 1 aliphatic rings. The summed E-state index contributed by atoms with van der Waals surface area (Å²) in [6.45, 7) is 3.00. The van der Waals surface area contributed by atoms with Gasteiger partial charge in [0, 0.05) is 24.8 Å².